The van der Waals surface area contributed by atoms with Crippen molar-refractivity contribution in [1.29, 1.82) is 0 Å². The summed E-state index contributed by atoms with van der Waals surface area (Å²) >= 11 is 0. The second-order valence-corrected chi connectivity index (χ2v) is 44.5. The first-order valence-electron chi connectivity index (χ1n) is 28.9. The molecule has 4 aliphatic heterocycles. The molecule has 72 heavy (non-hydrogen) atoms. The Morgan fingerprint density at radius 2 is 1.32 bits per heavy atom. The Morgan fingerprint density at radius 3 is 1.86 bits per heavy atom. The summed E-state index contributed by atoms with van der Waals surface area (Å²) in [6.45, 7) is 43.5. The first kappa shape index (κ1) is 64.0. The van der Waals surface area contributed by atoms with Crippen molar-refractivity contribution in [2.45, 2.75) is 307 Å². The molecule has 11 nitrogen and oxygen atoms in total. The van der Waals surface area contributed by atoms with E-state index >= 15 is 0 Å². The van der Waals surface area contributed by atoms with E-state index < -0.39 is 50.9 Å². The number of carbonyl (C=O) groups excluding carboxylic acids is 1. The van der Waals surface area contributed by atoms with E-state index in [0.29, 0.717) is 38.5 Å². The number of ether oxygens (including phenoxy) is 6. The molecule has 3 fully saturated rings. The number of hydrogen-bond acceptors (Lipinski definition) is 11. The van der Waals surface area contributed by atoms with Crippen molar-refractivity contribution < 1.29 is 50.9 Å². The lowest BCUT2D eigenvalue weighted by atomic mass is 9.81. The average Bonchev–Trinajstić information content (AvgIpc) is 3.31. The minimum atomic E-state index is -2.27. The van der Waals surface area contributed by atoms with Gasteiger partial charge in [0.25, 0.3) is 0 Å². The molecule has 0 aromatic carbocycles. The normalized spacial score (nSPS) is 32.8. The highest BCUT2D eigenvalue weighted by atomic mass is 28.4. The van der Waals surface area contributed by atoms with Gasteiger partial charge in [-0.3, -0.25) is 4.79 Å². The molecule has 15 heteroatoms. The van der Waals surface area contributed by atoms with Crippen LogP contribution in [0.3, 0.4) is 0 Å². The Labute approximate surface area is 445 Å². The third-order valence-electron chi connectivity index (χ3n) is 19.0. The molecule has 0 unspecified atom stereocenters. The molecule has 420 valence electrons. The van der Waals surface area contributed by atoms with Crippen LogP contribution in [0.25, 0.3) is 0 Å². The van der Waals surface area contributed by atoms with Crippen molar-refractivity contribution in [1.82, 2.24) is 0 Å². The molecule has 0 amide bonds. The van der Waals surface area contributed by atoms with E-state index in [9.17, 15) is 4.79 Å². The number of unbranched alkanes of at least 4 members (excludes halogenated alkanes) is 1. The molecule has 3 saturated heterocycles. The molecular formula is C57H110O11Si4. The molecule has 0 aromatic rings. The fourth-order valence-electron chi connectivity index (χ4n) is 11.3. The third kappa shape index (κ3) is 15.6. The number of hydrogen-bond donors (Lipinski definition) is 0. The molecule has 0 aromatic heterocycles. The number of ketones is 1. The maximum atomic E-state index is 12.7. The van der Waals surface area contributed by atoms with E-state index in [0.717, 1.165) is 61.9 Å². The number of carbonyl (C=O) groups is 1. The third-order valence-corrected chi connectivity index (χ3v) is 37.3. The summed E-state index contributed by atoms with van der Waals surface area (Å²) in [5.74, 6) is -1.70. The average molecular weight is 1080 g/mol. The summed E-state index contributed by atoms with van der Waals surface area (Å²) < 4.78 is 70.9. The van der Waals surface area contributed by atoms with Gasteiger partial charge in [0.15, 0.2) is 44.8 Å². The zero-order valence-electron chi connectivity index (χ0n) is 50.0. The van der Waals surface area contributed by atoms with Crippen LogP contribution in [0.15, 0.2) is 24.5 Å². The second kappa shape index (κ2) is 26.4. The molecule has 4 aliphatic rings. The minimum absolute atomic E-state index is 0.00393. The van der Waals surface area contributed by atoms with Crippen molar-refractivity contribution in [2.75, 3.05) is 14.2 Å². The number of allylic oxidation sites excluding steroid dienone is 1. The van der Waals surface area contributed by atoms with Crippen LogP contribution in [-0.2, 0) is 50.9 Å². The quantitative estimate of drug-likeness (QED) is 0.0469. The SMILES string of the molecule is CCC(=O)C[C@@H]1C[C@H](OC)C[C@]2(C[C@@H](O[Si](C)(C)C(C)(C)C)C[C@H](/C=C/CCC[C@H]3O[C@@](OC)([C@@H](O[Si](CC)(CC)CC)[C@@H]4OC=C[C@H](O[Si](CC)(CC)CC)[C@H]4C)C[C@H](O[Si](C)(C)C(C)(C)C)[C@H]3C)O2)O1. The van der Waals surface area contributed by atoms with Gasteiger partial charge in [0.2, 0.25) is 0 Å². The van der Waals surface area contributed by atoms with Gasteiger partial charge in [0, 0.05) is 71.0 Å². The largest absolute Gasteiger partial charge is 0.495 e. The fourth-order valence-corrected chi connectivity index (χ4v) is 19.8. The van der Waals surface area contributed by atoms with Crippen LogP contribution in [0.4, 0.5) is 0 Å². The lowest BCUT2D eigenvalue weighted by molar-refractivity contribution is -0.344. The van der Waals surface area contributed by atoms with Crippen LogP contribution in [0.1, 0.15) is 168 Å². The number of Topliss-reactive ketones (excluding diaryl/α,β-unsaturated/α-hetero) is 1. The topological polar surface area (TPSA) is 109 Å². The molecule has 4 heterocycles. The van der Waals surface area contributed by atoms with Crippen LogP contribution in [-0.4, -0.2) is 120 Å². The van der Waals surface area contributed by atoms with Crippen LogP contribution in [0.2, 0.25) is 72.5 Å². The monoisotopic (exact) mass is 1080 g/mol. The Balaban J connectivity index is 1.69. The van der Waals surface area contributed by atoms with Gasteiger partial charge in [0.05, 0.1) is 49.0 Å². The Hall–Kier alpha value is -0.542. The van der Waals surface area contributed by atoms with Gasteiger partial charge in [-0.1, -0.05) is 116 Å². The highest BCUT2D eigenvalue weighted by Gasteiger charge is 2.59. The van der Waals surface area contributed by atoms with Crippen LogP contribution < -0.4 is 0 Å². The Morgan fingerprint density at radius 1 is 0.736 bits per heavy atom. The zero-order chi connectivity index (χ0) is 54.1. The summed E-state index contributed by atoms with van der Waals surface area (Å²) in [4.78, 5) is 12.7. The molecule has 13 atom stereocenters. The highest BCUT2D eigenvalue weighted by Crippen LogP contribution is 2.49. The van der Waals surface area contributed by atoms with E-state index in [2.05, 4.69) is 141 Å². The molecule has 0 N–H and O–H groups in total. The molecule has 4 rings (SSSR count). The van der Waals surface area contributed by atoms with Gasteiger partial charge in [-0.15, -0.1) is 0 Å². The fraction of sp³-hybridized carbons (Fsp3) is 0.912. The summed E-state index contributed by atoms with van der Waals surface area (Å²) in [7, 11) is -5.03. The van der Waals surface area contributed by atoms with Crippen LogP contribution >= 0.6 is 0 Å². The van der Waals surface area contributed by atoms with Gasteiger partial charge >= 0.3 is 0 Å². The standard InChI is InChI=1S/C57H110O11Si4/c1-22-44(58)36-46-38-47(59-16)39-56(63-46)40-48(65-69(18,19)54(10,11)12)37-45(62-56)32-30-29-31-33-49-42(8)51(66-70(20,21)55(13,14)15)41-57(60-17,64-49)53(68-72(26-5,27-6)28-7)52-43(9)50(34-35-61-52)67-71(23-2,24-3)25-4/h30,32,34-35,42-43,45-53H,22-29,31,33,36-41H2,1-21H3/b32-30+/t42-,43+,45-,46+,47-,48-,49+,50-,51-,52+,53-,56+,57+/m0/s1. The summed E-state index contributed by atoms with van der Waals surface area (Å²) in [6.07, 6.45) is 13.4. The van der Waals surface area contributed by atoms with E-state index in [4.69, 9.17) is 46.1 Å². The lowest BCUT2D eigenvalue weighted by Gasteiger charge is -2.55. The first-order valence-corrected chi connectivity index (χ1v) is 39.8. The second-order valence-electron chi connectivity index (χ2n) is 25.5. The highest BCUT2D eigenvalue weighted by molar-refractivity contribution is 6.75. The molecular weight excluding hydrogens is 973 g/mol. The van der Waals surface area contributed by atoms with Crippen LogP contribution in [0, 0.1) is 11.8 Å². The van der Waals surface area contributed by atoms with Gasteiger partial charge in [-0.05, 0) is 97.9 Å². The predicted molar refractivity (Wildman–Crippen MR) is 304 cm³/mol. The van der Waals surface area contributed by atoms with Crippen molar-refractivity contribution in [2.24, 2.45) is 11.8 Å². The van der Waals surface area contributed by atoms with Crippen LogP contribution in [0.5, 0.6) is 0 Å². The van der Waals surface area contributed by atoms with E-state index in [1.165, 1.54) is 0 Å². The lowest BCUT2D eigenvalue weighted by Crippen LogP contribution is -2.67. The van der Waals surface area contributed by atoms with Crippen molar-refractivity contribution in [3.05, 3.63) is 24.5 Å². The molecule has 0 saturated carbocycles. The molecule has 0 radical (unpaired) electrons. The van der Waals surface area contributed by atoms with Gasteiger partial charge in [0.1, 0.15) is 18.0 Å². The summed E-state index contributed by atoms with van der Waals surface area (Å²) in [5.41, 5.74) is 0. The maximum Gasteiger partial charge on any atom is 0.199 e. The first-order chi connectivity index (χ1) is 33.5. The Kier molecular flexibility index (Phi) is 23.5. The van der Waals surface area contributed by atoms with Gasteiger partial charge < -0.3 is 46.1 Å². The van der Waals surface area contributed by atoms with E-state index in [1.54, 1.807) is 7.11 Å². The van der Waals surface area contributed by atoms with Gasteiger partial charge in [-0.2, -0.15) is 0 Å². The summed E-state index contributed by atoms with van der Waals surface area (Å²) in [5, 5.41) is 0.0721. The van der Waals surface area contributed by atoms with Gasteiger partial charge in [-0.25, -0.2) is 0 Å². The van der Waals surface area contributed by atoms with E-state index in [-0.39, 0.29) is 76.5 Å². The molecule has 0 aliphatic carbocycles. The minimum Gasteiger partial charge on any atom is -0.495 e. The number of methoxy groups -OCH3 is 2. The Bertz CT molecular complexity index is 1710. The maximum absolute atomic E-state index is 12.7. The van der Waals surface area contributed by atoms with Crippen molar-refractivity contribution in [3.63, 3.8) is 0 Å². The molecule has 1 spiro atoms. The predicted octanol–water partition coefficient (Wildman–Crippen LogP) is 15.0. The summed E-state index contributed by atoms with van der Waals surface area (Å²) in [6, 6.07) is 6.23. The van der Waals surface area contributed by atoms with Crippen molar-refractivity contribution in [3.8, 4) is 0 Å². The zero-order valence-corrected chi connectivity index (χ0v) is 54.0. The molecule has 0 bridgehead atoms. The smallest absolute Gasteiger partial charge is 0.199 e. The van der Waals surface area contributed by atoms with Crippen molar-refractivity contribution >= 4 is 39.1 Å². The van der Waals surface area contributed by atoms with E-state index in [1.807, 2.05) is 20.3 Å². The number of rotatable bonds is 26.